The summed E-state index contributed by atoms with van der Waals surface area (Å²) in [6.45, 7) is 2.19. The Morgan fingerprint density at radius 2 is 1.89 bits per heavy atom. The van der Waals surface area contributed by atoms with Crippen molar-refractivity contribution in [3.63, 3.8) is 0 Å². The maximum atomic E-state index is 13.0. The fourth-order valence-corrected chi connectivity index (χ4v) is 4.50. The van der Waals surface area contributed by atoms with Crippen molar-refractivity contribution in [2.45, 2.75) is 51.0 Å². The van der Waals surface area contributed by atoms with E-state index in [2.05, 4.69) is 10.6 Å². The topological polar surface area (TPSA) is 95.6 Å². The van der Waals surface area contributed by atoms with Crippen LogP contribution >= 0.6 is 0 Å². The van der Waals surface area contributed by atoms with Crippen molar-refractivity contribution in [1.82, 2.24) is 15.5 Å². The van der Waals surface area contributed by atoms with E-state index in [9.17, 15) is 19.2 Å². The number of imide groups is 2. The number of fused-ring (bicyclic) bond motifs is 1. The second-order valence-electron chi connectivity index (χ2n) is 7.89. The van der Waals surface area contributed by atoms with Crippen molar-refractivity contribution >= 4 is 23.6 Å². The van der Waals surface area contributed by atoms with Gasteiger partial charge >= 0.3 is 0 Å². The van der Waals surface area contributed by atoms with Crippen molar-refractivity contribution in [2.75, 3.05) is 13.1 Å². The van der Waals surface area contributed by atoms with E-state index >= 15 is 0 Å². The molecule has 1 aromatic rings. The molecule has 0 spiro atoms. The van der Waals surface area contributed by atoms with Gasteiger partial charge in [0.2, 0.25) is 11.8 Å². The molecule has 0 radical (unpaired) electrons. The smallest absolute Gasteiger partial charge is 0.262 e. The number of benzene rings is 1. The number of piperidine rings is 1. The molecule has 4 rings (SSSR count). The highest BCUT2D eigenvalue weighted by atomic mass is 16.2. The van der Waals surface area contributed by atoms with E-state index in [0.29, 0.717) is 11.1 Å². The molecular weight excluding hydrogens is 358 g/mol. The van der Waals surface area contributed by atoms with Gasteiger partial charge in [-0.2, -0.15) is 0 Å². The van der Waals surface area contributed by atoms with Crippen LogP contribution in [0.2, 0.25) is 0 Å². The Hall–Kier alpha value is -2.54. The van der Waals surface area contributed by atoms with Crippen LogP contribution in [0, 0.1) is 5.92 Å². The quantitative estimate of drug-likeness (QED) is 0.572. The molecule has 28 heavy (non-hydrogen) atoms. The normalized spacial score (nSPS) is 24.6. The van der Waals surface area contributed by atoms with E-state index in [1.165, 1.54) is 12.8 Å². The molecule has 2 N–H and O–H groups in total. The molecule has 0 aromatic heterocycles. The second-order valence-corrected chi connectivity index (χ2v) is 7.89. The van der Waals surface area contributed by atoms with Gasteiger partial charge in [-0.15, -0.1) is 0 Å². The van der Waals surface area contributed by atoms with Gasteiger partial charge in [0, 0.05) is 6.42 Å². The minimum absolute atomic E-state index is 0.132. The average molecular weight is 383 g/mol. The van der Waals surface area contributed by atoms with E-state index in [1.54, 1.807) is 12.1 Å². The Labute approximate surface area is 163 Å². The summed E-state index contributed by atoms with van der Waals surface area (Å²) in [6.07, 6.45) is 5.52. The number of nitrogens with one attached hydrogen (secondary N) is 2. The molecule has 0 saturated carbocycles. The second kappa shape index (κ2) is 7.83. The third kappa shape index (κ3) is 3.46. The molecule has 2 fully saturated rings. The van der Waals surface area contributed by atoms with Gasteiger partial charge in [-0.05, 0) is 62.7 Å². The van der Waals surface area contributed by atoms with E-state index < -0.39 is 23.8 Å². The van der Waals surface area contributed by atoms with Crippen LogP contribution in [0.3, 0.4) is 0 Å². The highest BCUT2D eigenvalue weighted by Gasteiger charge is 2.45. The fraction of sp³-hybridized carbons (Fsp3) is 0.524. The first kappa shape index (κ1) is 18.8. The lowest BCUT2D eigenvalue weighted by Crippen LogP contribution is -2.54. The number of carbonyl (C=O) groups is 4. The van der Waals surface area contributed by atoms with E-state index in [-0.39, 0.29) is 18.7 Å². The van der Waals surface area contributed by atoms with Crippen LogP contribution in [0.15, 0.2) is 18.2 Å². The number of aryl methyl sites for hydroxylation is 1. The Morgan fingerprint density at radius 3 is 2.64 bits per heavy atom. The number of unbranched alkanes of at least 4 members (excludes halogenated alkanes) is 1. The maximum absolute atomic E-state index is 13.0. The summed E-state index contributed by atoms with van der Waals surface area (Å²) >= 11 is 0. The van der Waals surface area contributed by atoms with Crippen molar-refractivity contribution in [1.29, 1.82) is 0 Å². The highest BCUT2D eigenvalue weighted by molar-refractivity contribution is 6.24. The zero-order valence-corrected chi connectivity index (χ0v) is 15.8. The standard InChI is InChI=1S/C21H25N3O4/c25-17-9-8-16(19(26)23-17)24-20(27)15-7-3-6-14(18(15)21(24)28)5-2-1-4-13-10-11-22-12-13/h3,6-7,13,16,22H,1-2,4-5,8-12H2,(H,23,25,26). The number of nitrogens with zero attached hydrogens (tertiary/aromatic N) is 1. The van der Waals surface area contributed by atoms with Gasteiger partial charge in [-0.3, -0.25) is 29.4 Å². The summed E-state index contributed by atoms with van der Waals surface area (Å²) in [4.78, 5) is 50.5. The van der Waals surface area contributed by atoms with Gasteiger partial charge in [-0.1, -0.05) is 18.6 Å². The number of carbonyl (C=O) groups excluding carboxylic acids is 4. The van der Waals surface area contributed by atoms with Crippen LogP contribution in [0.4, 0.5) is 0 Å². The number of rotatable bonds is 6. The van der Waals surface area contributed by atoms with E-state index in [1.807, 2.05) is 6.07 Å². The molecule has 7 heteroatoms. The van der Waals surface area contributed by atoms with Crippen LogP contribution in [0.5, 0.6) is 0 Å². The van der Waals surface area contributed by atoms with Gasteiger partial charge in [0.1, 0.15) is 6.04 Å². The lowest BCUT2D eigenvalue weighted by molar-refractivity contribution is -0.136. The summed E-state index contributed by atoms with van der Waals surface area (Å²) in [7, 11) is 0. The van der Waals surface area contributed by atoms with Crippen LogP contribution in [0.1, 0.15) is 64.8 Å². The van der Waals surface area contributed by atoms with E-state index in [4.69, 9.17) is 0 Å². The molecule has 3 aliphatic rings. The van der Waals surface area contributed by atoms with Crippen molar-refractivity contribution < 1.29 is 19.2 Å². The highest BCUT2D eigenvalue weighted by Crippen LogP contribution is 2.30. The zero-order valence-electron chi connectivity index (χ0n) is 15.8. The van der Waals surface area contributed by atoms with Crippen LogP contribution in [0.25, 0.3) is 0 Å². The molecule has 0 bridgehead atoms. The molecule has 4 amide bonds. The number of hydrogen-bond donors (Lipinski definition) is 2. The third-order valence-corrected chi connectivity index (χ3v) is 6.03. The SMILES string of the molecule is O=C1CCC(N2C(=O)c3cccc(CCCCC4CCNC4)c3C2=O)C(=O)N1. The molecule has 2 atom stereocenters. The monoisotopic (exact) mass is 383 g/mol. The lowest BCUT2D eigenvalue weighted by Gasteiger charge is -2.27. The van der Waals surface area contributed by atoms with Gasteiger partial charge in [0.25, 0.3) is 11.8 Å². The predicted octanol–water partition coefficient (Wildman–Crippen LogP) is 1.41. The van der Waals surface area contributed by atoms with Crippen molar-refractivity contribution in [3.8, 4) is 0 Å². The third-order valence-electron chi connectivity index (χ3n) is 6.03. The minimum Gasteiger partial charge on any atom is -0.316 e. The molecule has 148 valence electrons. The molecule has 3 heterocycles. The summed E-state index contributed by atoms with van der Waals surface area (Å²) in [6, 6.07) is 4.44. The molecule has 2 unspecified atom stereocenters. The lowest BCUT2D eigenvalue weighted by atomic mass is 9.95. The van der Waals surface area contributed by atoms with Gasteiger partial charge < -0.3 is 5.32 Å². The van der Waals surface area contributed by atoms with Gasteiger partial charge in [0.15, 0.2) is 0 Å². The molecule has 3 aliphatic heterocycles. The Balaban J connectivity index is 1.46. The Kier molecular flexibility index (Phi) is 5.26. The van der Waals surface area contributed by atoms with Crippen LogP contribution in [-0.4, -0.2) is 47.7 Å². The summed E-state index contributed by atoms with van der Waals surface area (Å²) in [5, 5.41) is 5.60. The first-order valence-corrected chi connectivity index (χ1v) is 10.1. The number of amides is 4. The van der Waals surface area contributed by atoms with Gasteiger partial charge in [0.05, 0.1) is 11.1 Å². The summed E-state index contributed by atoms with van der Waals surface area (Å²) in [5.74, 6) is -1.04. The Morgan fingerprint density at radius 1 is 1.04 bits per heavy atom. The molecule has 0 aliphatic carbocycles. The average Bonchev–Trinajstić information content (AvgIpc) is 3.27. The van der Waals surface area contributed by atoms with Crippen LogP contribution in [-0.2, 0) is 16.0 Å². The zero-order chi connectivity index (χ0) is 19.7. The predicted molar refractivity (Wildman–Crippen MR) is 102 cm³/mol. The largest absolute Gasteiger partial charge is 0.316 e. The summed E-state index contributed by atoms with van der Waals surface area (Å²) < 4.78 is 0. The molecular formula is C21H25N3O4. The number of hydrogen-bond acceptors (Lipinski definition) is 5. The summed E-state index contributed by atoms with van der Waals surface area (Å²) in [5.41, 5.74) is 1.67. The van der Waals surface area contributed by atoms with Gasteiger partial charge in [-0.25, -0.2) is 0 Å². The maximum Gasteiger partial charge on any atom is 0.262 e. The Bertz CT molecular complexity index is 829. The first-order chi connectivity index (χ1) is 13.6. The molecule has 7 nitrogen and oxygen atoms in total. The first-order valence-electron chi connectivity index (χ1n) is 10.1. The van der Waals surface area contributed by atoms with Crippen molar-refractivity contribution in [3.05, 3.63) is 34.9 Å². The van der Waals surface area contributed by atoms with Crippen LogP contribution < -0.4 is 10.6 Å². The van der Waals surface area contributed by atoms with Crippen molar-refractivity contribution in [2.24, 2.45) is 5.92 Å². The molecule has 1 aromatic carbocycles. The minimum atomic E-state index is -0.909. The molecule has 2 saturated heterocycles. The van der Waals surface area contributed by atoms with E-state index in [0.717, 1.165) is 48.7 Å². The fourth-order valence-electron chi connectivity index (χ4n) is 4.50.